The van der Waals surface area contributed by atoms with Crippen LogP contribution in [0.1, 0.15) is 0 Å². The Labute approximate surface area is 74.2 Å². The second kappa shape index (κ2) is 2.78. The molecule has 0 radical (unpaired) electrons. The summed E-state index contributed by atoms with van der Waals surface area (Å²) < 4.78 is 1.66. The predicted molar refractivity (Wildman–Crippen MR) is 48.4 cm³/mol. The monoisotopic (exact) mass is 176 g/mol. The van der Waals surface area contributed by atoms with Crippen LogP contribution in [0.4, 0.5) is 10.6 Å². The summed E-state index contributed by atoms with van der Waals surface area (Å²) in [6.07, 6.45) is 1.79. The van der Waals surface area contributed by atoms with E-state index < -0.39 is 6.03 Å². The minimum atomic E-state index is -0.608. The largest absolute Gasteiger partial charge is 0.351 e. The lowest BCUT2D eigenvalue weighted by Crippen LogP contribution is -2.19. The zero-order chi connectivity index (χ0) is 9.26. The van der Waals surface area contributed by atoms with Gasteiger partial charge < -0.3 is 5.73 Å². The van der Waals surface area contributed by atoms with E-state index in [0.717, 1.165) is 5.52 Å². The van der Waals surface area contributed by atoms with Gasteiger partial charge in [0, 0.05) is 12.3 Å². The standard InChI is InChI=1S/C8H8N4O/c9-8(13)10-7-5-6-3-1-2-4-12(6)11-7/h1-5H,(H3,9,10,11,13). The van der Waals surface area contributed by atoms with E-state index in [1.165, 1.54) is 0 Å². The average molecular weight is 176 g/mol. The van der Waals surface area contributed by atoms with Crippen molar-refractivity contribution in [2.45, 2.75) is 0 Å². The number of nitrogens with zero attached hydrogens (tertiary/aromatic N) is 2. The smallest absolute Gasteiger partial charge is 0.317 e. The third kappa shape index (κ3) is 1.44. The molecule has 2 rings (SSSR count). The fourth-order valence-corrected chi connectivity index (χ4v) is 1.13. The van der Waals surface area contributed by atoms with Crippen molar-refractivity contribution in [2.24, 2.45) is 5.73 Å². The van der Waals surface area contributed by atoms with Crippen molar-refractivity contribution in [3.8, 4) is 0 Å². The molecular weight excluding hydrogens is 168 g/mol. The molecule has 0 fully saturated rings. The molecule has 0 aliphatic heterocycles. The van der Waals surface area contributed by atoms with Crippen LogP contribution in [0.25, 0.3) is 5.52 Å². The van der Waals surface area contributed by atoms with Crippen LogP contribution in [-0.2, 0) is 0 Å². The van der Waals surface area contributed by atoms with Crippen LogP contribution in [0, 0.1) is 0 Å². The minimum absolute atomic E-state index is 0.457. The van der Waals surface area contributed by atoms with E-state index in [9.17, 15) is 4.79 Å². The highest BCUT2D eigenvalue weighted by molar-refractivity contribution is 5.87. The van der Waals surface area contributed by atoms with Gasteiger partial charge in [0.05, 0.1) is 5.52 Å². The van der Waals surface area contributed by atoms with Crippen LogP contribution >= 0.6 is 0 Å². The summed E-state index contributed by atoms with van der Waals surface area (Å²) in [4.78, 5) is 10.5. The summed E-state index contributed by atoms with van der Waals surface area (Å²) in [5, 5.41) is 6.46. The molecule has 0 aromatic carbocycles. The number of anilines is 1. The van der Waals surface area contributed by atoms with Crippen molar-refractivity contribution in [3.05, 3.63) is 30.5 Å². The number of aromatic nitrogens is 2. The number of fused-ring (bicyclic) bond motifs is 1. The molecule has 3 N–H and O–H groups in total. The second-order valence-corrected chi connectivity index (χ2v) is 2.59. The molecule has 66 valence electrons. The van der Waals surface area contributed by atoms with Crippen LogP contribution in [0.3, 0.4) is 0 Å². The molecule has 0 spiro atoms. The van der Waals surface area contributed by atoms with Crippen molar-refractivity contribution < 1.29 is 4.79 Å². The van der Waals surface area contributed by atoms with Crippen LogP contribution in [0.5, 0.6) is 0 Å². The molecule has 5 nitrogen and oxygen atoms in total. The molecule has 0 aliphatic rings. The number of primary amides is 1. The van der Waals surface area contributed by atoms with Gasteiger partial charge in [0.2, 0.25) is 0 Å². The Hall–Kier alpha value is -2.04. The van der Waals surface area contributed by atoms with Crippen molar-refractivity contribution in [1.29, 1.82) is 0 Å². The van der Waals surface area contributed by atoms with E-state index in [0.29, 0.717) is 5.82 Å². The molecule has 0 saturated heterocycles. The summed E-state index contributed by atoms with van der Waals surface area (Å²) in [6, 6.07) is 6.77. The zero-order valence-electron chi connectivity index (χ0n) is 6.77. The van der Waals surface area contributed by atoms with Gasteiger partial charge in [0.1, 0.15) is 0 Å². The van der Waals surface area contributed by atoms with E-state index >= 15 is 0 Å². The van der Waals surface area contributed by atoms with Gasteiger partial charge in [0.25, 0.3) is 0 Å². The van der Waals surface area contributed by atoms with Gasteiger partial charge in [-0.2, -0.15) is 0 Å². The molecule has 2 amide bonds. The molecule has 0 aliphatic carbocycles. The SMILES string of the molecule is NC(=O)Nc1cc2ccccn2n1. The second-order valence-electron chi connectivity index (χ2n) is 2.59. The van der Waals surface area contributed by atoms with Crippen LogP contribution in [0.2, 0.25) is 0 Å². The summed E-state index contributed by atoms with van der Waals surface area (Å²) >= 11 is 0. The van der Waals surface area contributed by atoms with Gasteiger partial charge >= 0.3 is 6.03 Å². The molecule has 0 bridgehead atoms. The highest BCUT2D eigenvalue weighted by Gasteiger charge is 2.01. The van der Waals surface area contributed by atoms with Crippen LogP contribution in [-0.4, -0.2) is 15.6 Å². The molecular formula is C8H8N4O. The fourth-order valence-electron chi connectivity index (χ4n) is 1.13. The lowest BCUT2D eigenvalue weighted by molar-refractivity contribution is 0.259. The maximum atomic E-state index is 10.5. The number of hydrogen-bond donors (Lipinski definition) is 2. The van der Waals surface area contributed by atoms with Gasteiger partial charge in [-0.1, -0.05) is 6.07 Å². The molecule has 0 unspecified atom stereocenters. The number of urea groups is 1. The average Bonchev–Trinajstić information content (AvgIpc) is 2.44. The number of carbonyl (C=O) groups is 1. The van der Waals surface area contributed by atoms with Gasteiger partial charge in [-0.05, 0) is 12.1 Å². The number of carbonyl (C=O) groups excluding carboxylic acids is 1. The highest BCUT2D eigenvalue weighted by atomic mass is 16.2. The first-order valence-corrected chi connectivity index (χ1v) is 3.76. The molecule has 13 heavy (non-hydrogen) atoms. The maximum Gasteiger partial charge on any atom is 0.317 e. The molecule has 2 aromatic heterocycles. The lowest BCUT2D eigenvalue weighted by Gasteiger charge is -1.91. The normalized spacial score (nSPS) is 10.2. The third-order valence-corrected chi connectivity index (χ3v) is 1.62. The summed E-state index contributed by atoms with van der Waals surface area (Å²) in [6.45, 7) is 0. The molecule has 5 heteroatoms. The summed E-state index contributed by atoms with van der Waals surface area (Å²) in [7, 11) is 0. The first kappa shape index (κ1) is 7.60. The molecule has 2 aromatic rings. The van der Waals surface area contributed by atoms with Gasteiger partial charge in [0.15, 0.2) is 5.82 Å². The number of nitrogens with one attached hydrogen (secondary N) is 1. The lowest BCUT2D eigenvalue weighted by atomic mass is 10.4. The topological polar surface area (TPSA) is 72.4 Å². The van der Waals surface area contributed by atoms with Crippen LogP contribution in [0.15, 0.2) is 30.5 Å². The Kier molecular flexibility index (Phi) is 1.63. The van der Waals surface area contributed by atoms with Gasteiger partial charge in [-0.25, -0.2) is 9.31 Å². The fraction of sp³-hybridized carbons (Fsp3) is 0. The Balaban J connectivity index is 2.44. The Morgan fingerprint density at radius 1 is 1.54 bits per heavy atom. The van der Waals surface area contributed by atoms with E-state index in [4.69, 9.17) is 5.73 Å². The summed E-state index contributed by atoms with van der Waals surface area (Å²) in [5.41, 5.74) is 5.86. The van der Waals surface area contributed by atoms with Crippen molar-refractivity contribution in [2.75, 3.05) is 5.32 Å². The van der Waals surface area contributed by atoms with E-state index in [1.54, 1.807) is 16.8 Å². The first-order valence-electron chi connectivity index (χ1n) is 3.76. The van der Waals surface area contributed by atoms with Crippen molar-refractivity contribution in [1.82, 2.24) is 9.61 Å². The highest BCUT2D eigenvalue weighted by Crippen LogP contribution is 2.09. The third-order valence-electron chi connectivity index (χ3n) is 1.62. The number of pyridine rings is 1. The van der Waals surface area contributed by atoms with Crippen molar-refractivity contribution >= 4 is 17.4 Å². The van der Waals surface area contributed by atoms with E-state index in [-0.39, 0.29) is 0 Å². The number of hydrogen-bond acceptors (Lipinski definition) is 2. The molecule has 0 atom stereocenters. The first-order chi connectivity index (χ1) is 6.25. The number of rotatable bonds is 1. The van der Waals surface area contributed by atoms with Gasteiger partial charge in [-0.15, -0.1) is 5.10 Å². The maximum absolute atomic E-state index is 10.5. The van der Waals surface area contributed by atoms with E-state index in [1.807, 2.05) is 18.2 Å². The summed E-state index contributed by atoms with van der Waals surface area (Å²) in [5.74, 6) is 0.457. The molecule has 2 heterocycles. The van der Waals surface area contributed by atoms with Crippen LogP contribution < -0.4 is 11.1 Å². The Bertz CT molecular complexity index is 415. The predicted octanol–water partition coefficient (Wildman–Crippen LogP) is 0.825. The Morgan fingerprint density at radius 3 is 3.08 bits per heavy atom. The zero-order valence-corrected chi connectivity index (χ0v) is 6.77. The van der Waals surface area contributed by atoms with E-state index in [2.05, 4.69) is 10.4 Å². The molecule has 0 saturated carbocycles. The number of nitrogens with two attached hydrogens (primary N) is 1. The number of amides is 2. The van der Waals surface area contributed by atoms with Crippen molar-refractivity contribution in [3.63, 3.8) is 0 Å². The quantitative estimate of drug-likeness (QED) is 0.675. The Morgan fingerprint density at radius 2 is 2.38 bits per heavy atom. The minimum Gasteiger partial charge on any atom is -0.351 e. The van der Waals surface area contributed by atoms with Gasteiger partial charge in [-0.3, -0.25) is 5.32 Å².